The van der Waals surface area contributed by atoms with E-state index in [-0.39, 0.29) is 12.3 Å². The van der Waals surface area contributed by atoms with Crippen molar-refractivity contribution < 1.29 is 22.7 Å². The maximum absolute atomic E-state index is 10.7. The van der Waals surface area contributed by atoms with Crippen LogP contribution in [0.3, 0.4) is 0 Å². The second-order valence-corrected chi connectivity index (χ2v) is 4.51. The Labute approximate surface area is 80.6 Å². The third-order valence-electron chi connectivity index (χ3n) is 1.47. The van der Waals surface area contributed by atoms with E-state index in [2.05, 4.69) is 9.14 Å². The van der Waals surface area contributed by atoms with E-state index in [0.717, 1.165) is 6.26 Å². The zero-order valence-corrected chi connectivity index (χ0v) is 8.17. The molecule has 0 radical (unpaired) electrons. The second-order valence-electron chi connectivity index (χ2n) is 2.67. The normalized spacial score (nSPS) is 11.5. The Morgan fingerprint density at radius 1 is 1.64 bits per heavy atom. The van der Waals surface area contributed by atoms with Crippen molar-refractivity contribution in [3.8, 4) is 0 Å². The number of rotatable bonds is 4. The molecule has 0 unspecified atom stereocenters. The van der Waals surface area contributed by atoms with Gasteiger partial charge in [-0.05, 0) is 6.07 Å². The molecule has 0 spiro atoms. The zero-order chi connectivity index (χ0) is 10.8. The Balaban J connectivity index is 2.77. The van der Waals surface area contributed by atoms with E-state index in [9.17, 15) is 13.2 Å². The van der Waals surface area contributed by atoms with E-state index < -0.39 is 16.0 Å². The van der Waals surface area contributed by atoms with Gasteiger partial charge < -0.3 is 9.52 Å². The van der Waals surface area contributed by atoms with Gasteiger partial charge in [0.25, 0.3) is 0 Å². The van der Waals surface area contributed by atoms with Crippen LogP contribution in [0.2, 0.25) is 0 Å². The lowest BCUT2D eigenvalue weighted by atomic mass is 10.2. The molecule has 0 fully saturated rings. The van der Waals surface area contributed by atoms with Gasteiger partial charge in [0.15, 0.2) is 0 Å². The van der Waals surface area contributed by atoms with Gasteiger partial charge in [0.2, 0.25) is 15.8 Å². The van der Waals surface area contributed by atoms with Gasteiger partial charge in [-0.15, -0.1) is 0 Å². The second kappa shape index (κ2) is 3.81. The van der Waals surface area contributed by atoms with Gasteiger partial charge >= 0.3 is 5.97 Å². The van der Waals surface area contributed by atoms with Crippen molar-refractivity contribution in [2.75, 3.05) is 6.26 Å². The summed E-state index contributed by atoms with van der Waals surface area (Å²) in [5.41, 5.74) is 0.294. The van der Waals surface area contributed by atoms with Crippen LogP contribution in [-0.4, -0.2) is 25.7 Å². The molecule has 0 bridgehead atoms. The third kappa shape index (κ3) is 2.86. The summed E-state index contributed by atoms with van der Waals surface area (Å²) in [6, 6.07) is 1.40. The van der Waals surface area contributed by atoms with Crippen LogP contribution < -0.4 is 4.72 Å². The van der Waals surface area contributed by atoms with Crippen molar-refractivity contribution in [3.63, 3.8) is 0 Å². The van der Waals surface area contributed by atoms with E-state index in [1.54, 1.807) is 0 Å². The van der Waals surface area contributed by atoms with Crippen LogP contribution in [0.5, 0.6) is 0 Å². The number of nitrogens with one attached hydrogen (secondary N) is 1. The maximum Gasteiger partial charge on any atom is 0.372 e. The summed E-state index contributed by atoms with van der Waals surface area (Å²) >= 11 is 0. The molecular formula is C7H9NO5S. The Morgan fingerprint density at radius 2 is 2.29 bits per heavy atom. The fourth-order valence-corrected chi connectivity index (χ4v) is 1.29. The largest absolute Gasteiger partial charge is 0.475 e. The molecule has 0 aliphatic carbocycles. The van der Waals surface area contributed by atoms with Crippen LogP contribution in [0, 0.1) is 0 Å². The first-order valence-corrected chi connectivity index (χ1v) is 5.53. The molecule has 0 saturated carbocycles. The molecule has 0 atom stereocenters. The van der Waals surface area contributed by atoms with Crippen molar-refractivity contribution in [1.82, 2.24) is 4.72 Å². The summed E-state index contributed by atoms with van der Waals surface area (Å²) in [5.74, 6) is -1.47. The van der Waals surface area contributed by atoms with Gasteiger partial charge in [-0.2, -0.15) is 0 Å². The Bertz CT molecular complexity index is 433. The van der Waals surface area contributed by atoms with Gasteiger partial charge in [-0.25, -0.2) is 17.9 Å². The molecule has 1 rings (SSSR count). The summed E-state index contributed by atoms with van der Waals surface area (Å²) in [6.45, 7) is -0.0863. The molecule has 0 aliphatic rings. The van der Waals surface area contributed by atoms with Crippen molar-refractivity contribution in [2.24, 2.45) is 0 Å². The van der Waals surface area contributed by atoms with Gasteiger partial charge in [-0.3, -0.25) is 0 Å². The first-order valence-electron chi connectivity index (χ1n) is 3.64. The first-order chi connectivity index (χ1) is 6.40. The SMILES string of the molecule is CS(=O)(=O)NCc1ccoc1C(=O)O. The maximum atomic E-state index is 10.7. The highest BCUT2D eigenvalue weighted by molar-refractivity contribution is 7.88. The number of sulfonamides is 1. The Hall–Kier alpha value is -1.34. The number of aromatic carboxylic acids is 1. The van der Waals surface area contributed by atoms with Gasteiger partial charge in [0.1, 0.15) is 0 Å². The number of hydrogen-bond donors (Lipinski definition) is 2. The van der Waals surface area contributed by atoms with Crippen molar-refractivity contribution in [2.45, 2.75) is 6.54 Å². The number of carbonyl (C=O) groups is 1. The molecule has 2 N–H and O–H groups in total. The number of carboxylic acids is 1. The molecule has 7 heteroatoms. The van der Waals surface area contributed by atoms with E-state index in [4.69, 9.17) is 5.11 Å². The summed E-state index contributed by atoms with van der Waals surface area (Å²) in [7, 11) is -3.33. The molecule has 0 saturated heterocycles. The lowest BCUT2D eigenvalue weighted by molar-refractivity contribution is 0.0660. The van der Waals surface area contributed by atoms with Crippen molar-refractivity contribution in [1.29, 1.82) is 0 Å². The van der Waals surface area contributed by atoms with Gasteiger partial charge in [0.05, 0.1) is 12.5 Å². The smallest absolute Gasteiger partial charge is 0.372 e. The molecule has 1 aromatic heterocycles. The van der Waals surface area contributed by atoms with Crippen LogP contribution in [0.4, 0.5) is 0 Å². The average Bonchev–Trinajstić information content (AvgIpc) is 2.46. The predicted octanol–water partition coefficient (Wildman–Crippen LogP) is 0.0270. The fraction of sp³-hybridized carbons (Fsp3) is 0.286. The average molecular weight is 219 g/mol. The lowest BCUT2D eigenvalue weighted by Crippen LogP contribution is -2.21. The predicted molar refractivity (Wildman–Crippen MR) is 47.4 cm³/mol. The summed E-state index contributed by atoms with van der Waals surface area (Å²) in [6.07, 6.45) is 2.19. The molecular weight excluding hydrogens is 210 g/mol. The fourth-order valence-electron chi connectivity index (χ4n) is 0.871. The van der Waals surface area contributed by atoms with E-state index >= 15 is 0 Å². The highest BCUT2D eigenvalue weighted by Gasteiger charge is 2.14. The van der Waals surface area contributed by atoms with Crippen LogP contribution in [-0.2, 0) is 16.6 Å². The molecule has 6 nitrogen and oxygen atoms in total. The van der Waals surface area contributed by atoms with Gasteiger partial charge in [-0.1, -0.05) is 0 Å². The minimum absolute atomic E-state index is 0.0863. The molecule has 0 aromatic carbocycles. The minimum atomic E-state index is -3.33. The third-order valence-corrected chi connectivity index (χ3v) is 2.13. The molecule has 0 aliphatic heterocycles. The first kappa shape index (κ1) is 10.7. The monoisotopic (exact) mass is 219 g/mol. The van der Waals surface area contributed by atoms with E-state index in [1.807, 2.05) is 0 Å². The topological polar surface area (TPSA) is 96.6 Å². The number of carboxylic acid groups (broad SMARTS) is 1. The molecule has 14 heavy (non-hydrogen) atoms. The van der Waals surface area contributed by atoms with Crippen molar-refractivity contribution >= 4 is 16.0 Å². The minimum Gasteiger partial charge on any atom is -0.475 e. The summed E-state index contributed by atoms with van der Waals surface area (Å²) in [5, 5.41) is 8.61. The zero-order valence-electron chi connectivity index (χ0n) is 7.35. The quantitative estimate of drug-likeness (QED) is 0.744. The number of hydrogen-bond acceptors (Lipinski definition) is 4. The lowest BCUT2D eigenvalue weighted by Gasteiger charge is -1.99. The Morgan fingerprint density at radius 3 is 2.79 bits per heavy atom. The molecule has 0 amide bonds. The van der Waals surface area contributed by atoms with E-state index in [1.165, 1.54) is 12.3 Å². The molecule has 1 heterocycles. The summed E-state index contributed by atoms with van der Waals surface area (Å²) in [4.78, 5) is 10.5. The molecule has 78 valence electrons. The van der Waals surface area contributed by atoms with Crippen LogP contribution in [0.15, 0.2) is 16.7 Å². The molecule has 1 aromatic rings. The van der Waals surface area contributed by atoms with Crippen LogP contribution in [0.1, 0.15) is 16.1 Å². The van der Waals surface area contributed by atoms with Crippen molar-refractivity contribution in [3.05, 3.63) is 23.7 Å². The standard InChI is InChI=1S/C7H9NO5S/c1-14(11,12)8-4-5-2-3-13-6(5)7(9)10/h2-3,8H,4H2,1H3,(H,9,10). The van der Waals surface area contributed by atoms with Crippen LogP contribution >= 0.6 is 0 Å². The number of furan rings is 1. The highest BCUT2D eigenvalue weighted by Crippen LogP contribution is 2.10. The highest BCUT2D eigenvalue weighted by atomic mass is 32.2. The summed E-state index contributed by atoms with van der Waals surface area (Å²) < 4.78 is 28.3. The van der Waals surface area contributed by atoms with E-state index in [0.29, 0.717) is 5.56 Å². The van der Waals surface area contributed by atoms with Gasteiger partial charge in [0, 0.05) is 12.1 Å². The van der Waals surface area contributed by atoms with Crippen LogP contribution in [0.25, 0.3) is 0 Å². The Kier molecular flexibility index (Phi) is 2.92.